The Bertz CT molecular complexity index is 3410. The van der Waals surface area contributed by atoms with Crippen molar-refractivity contribution in [1.82, 2.24) is 0 Å². The van der Waals surface area contributed by atoms with Crippen molar-refractivity contribution in [3.05, 3.63) is 201 Å². The monoisotopic (exact) mass is 836 g/mol. The van der Waals surface area contributed by atoms with Crippen molar-refractivity contribution in [3.8, 4) is 44.5 Å². The molecule has 9 aromatic carbocycles. The highest BCUT2D eigenvalue weighted by Gasteiger charge is 2.41. The molecule has 0 saturated carbocycles. The maximum atomic E-state index is 15.4. The molecule has 0 amide bonds. The Labute approximate surface area is 358 Å². The van der Waals surface area contributed by atoms with E-state index in [1.807, 2.05) is 66.7 Å². The summed E-state index contributed by atoms with van der Waals surface area (Å²) in [4.78, 5) is 0. The fourth-order valence-corrected chi connectivity index (χ4v) is 11.1. The van der Waals surface area contributed by atoms with Crippen LogP contribution in [0.4, 0.5) is 26.3 Å². The van der Waals surface area contributed by atoms with Gasteiger partial charge in [0, 0.05) is 33.4 Å². The van der Waals surface area contributed by atoms with E-state index in [2.05, 4.69) is 54.6 Å². The molecule has 3 aliphatic rings. The average Bonchev–Trinajstić information content (AvgIpc) is 3.54. The number of halogens is 6. The molecule has 0 unspecified atom stereocenters. The van der Waals surface area contributed by atoms with Crippen LogP contribution in [0.1, 0.15) is 35.1 Å². The second-order valence-electron chi connectivity index (χ2n) is 17.4. The first-order valence-corrected chi connectivity index (χ1v) is 21.2. The highest BCUT2D eigenvalue weighted by Crippen LogP contribution is 2.52. The summed E-state index contributed by atoms with van der Waals surface area (Å²) in [6, 6.07) is 41.0. The first-order chi connectivity index (χ1) is 30.6. The standard InChI is InChI=1S/C56H36F6N/c57-47-23-37(24-48(58)55(47)61)43-21-33-11-3-7-15-41(33)53-45(43)29-63(30-46-44(38-25-49(59)56(62)50(60)26-38)22-34-12-4-8-16-42(34)54(46)53)27-35-19-17-31-9-1-5-13-39(31)51(35)52-36(28-63)20-18-32-10-2-6-14-40(32)52/h1,3-5,7-26H,2,6,27-30H2/q+1. The zero-order chi connectivity index (χ0) is 42.7. The van der Waals surface area contributed by atoms with E-state index in [0.717, 1.165) is 108 Å². The van der Waals surface area contributed by atoms with Crippen molar-refractivity contribution in [2.45, 2.75) is 39.0 Å². The summed E-state index contributed by atoms with van der Waals surface area (Å²) in [5, 5.41) is 7.96. The molecule has 306 valence electrons. The molecular weight excluding hydrogens is 801 g/mol. The Morgan fingerprint density at radius 1 is 0.381 bits per heavy atom. The van der Waals surface area contributed by atoms with Crippen LogP contribution in [-0.2, 0) is 26.2 Å². The first-order valence-electron chi connectivity index (χ1n) is 21.2. The minimum Gasteiger partial charge on any atom is -0.309 e. The Morgan fingerprint density at radius 3 is 1.37 bits per heavy atom. The molecule has 7 heteroatoms. The minimum absolute atomic E-state index is 0.193. The fourth-order valence-electron chi connectivity index (χ4n) is 11.1. The number of rotatable bonds is 2. The molecule has 9 aromatic rings. The average molecular weight is 837 g/mol. The van der Waals surface area contributed by atoms with Gasteiger partial charge in [-0.15, -0.1) is 0 Å². The van der Waals surface area contributed by atoms with Crippen LogP contribution in [-0.4, -0.2) is 4.48 Å². The Balaban J connectivity index is 1.26. The summed E-state index contributed by atoms with van der Waals surface area (Å²) in [7, 11) is 0. The van der Waals surface area contributed by atoms with E-state index < -0.39 is 34.9 Å². The molecule has 63 heavy (non-hydrogen) atoms. The molecule has 0 N–H and O–H groups in total. The molecule has 1 spiro atoms. The smallest absolute Gasteiger partial charge is 0.194 e. The highest BCUT2D eigenvalue weighted by molar-refractivity contribution is 6.12. The molecule has 1 nitrogen and oxygen atoms in total. The zero-order valence-corrected chi connectivity index (χ0v) is 33.8. The van der Waals surface area contributed by atoms with Gasteiger partial charge in [0.15, 0.2) is 34.9 Å². The lowest BCUT2D eigenvalue weighted by molar-refractivity contribution is -0.977. The van der Waals surface area contributed by atoms with Crippen LogP contribution in [0.25, 0.3) is 89.0 Å². The topological polar surface area (TPSA) is 0 Å². The van der Waals surface area contributed by atoms with Crippen molar-refractivity contribution in [1.29, 1.82) is 0 Å². The van der Waals surface area contributed by atoms with Crippen molar-refractivity contribution in [2.24, 2.45) is 0 Å². The predicted octanol–water partition coefficient (Wildman–Crippen LogP) is 13.5. The lowest BCUT2D eigenvalue weighted by Crippen LogP contribution is -2.44. The third-order valence-electron chi connectivity index (χ3n) is 13.7. The summed E-state index contributed by atoms with van der Waals surface area (Å²) in [5.74, 6) is -8.25. The molecule has 2 aliphatic heterocycles. The van der Waals surface area contributed by atoms with E-state index in [0.29, 0.717) is 41.8 Å². The molecule has 0 atom stereocenters. The van der Waals surface area contributed by atoms with Gasteiger partial charge in [-0.2, -0.15) is 0 Å². The Kier molecular flexibility index (Phi) is 8.41. The number of nitrogens with zero attached hydrogens (tertiary/aromatic N) is 1. The summed E-state index contributed by atoms with van der Waals surface area (Å²) in [5.41, 5.74) is 9.32. The van der Waals surface area contributed by atoms with Gasteiger partial charge in [-0.1, -0.05) is 109 Å². The molecule has 1 aliphatic carbocycles. The molecule has 12 rings (SSSR count). The van der Waals surface area contributed by atoms with Crippen molar-refractivity contribution in [3.63, 3.8) is 0 Å². The number of quaternary nitrogens is 1. The normalized spacial score (nSPS) is 14.8. The number of hydrogen-bond donors (Lipinski definition) is 0. The highest BCUT2D eigenvalue weighted by atomic mass is 19.2. The second kappa shape index (κ2) is 14.0. The third-order valence-corrected chi connectivity index (χ3v) is 13.7. The van der Waals surface area contributed by atoms with Gasteiger partial charge in [0.25, 0.3) is 0 Å². The lowest BCUT2D eigenvalue weighted by Gasteiger charge is -2.39. The summed E-state index contributed by atoms with van der Waals surface area (Å²) in [6.07, 6.45) is 6.49. The van der Waals surface area contributed by atoms with Crippen molar-refractivity contribution in [2.75, 3.05) is 0 Å². The molecule has 0 aromatic heterocycles. The maximum Gasteiger partial charge on any atom is 0.194 e. The third kappa shape index (κ3) is 5.83. The molecular formula is C56H36F6N+. The van der Waals surface area contributed by atoms with Gasteiger partial charge in [0.05, 0.1) is 0 Å². The van der Waals surface area contributed by atoms with Crippen molar-refractivity contribution < 1.29 is 30.8 Å². The van der Waals surface area contributed by atoms with Crippen LogP contribution < -0.4 is 10.4 Å². The maximum absolute atomic E-state index is 15.4. The van der Waals surface area contributed by atoms with Gasteiger partial charge in [-0.25, -0.2) is 26.3 Å². The molecule has 0 bridgehead atoms. The van der Waals surface area contributed by atoms with Crippen LogP contribution in [0.15, 0.2) is 133 Å². The summed E-state index contributed by atoms with van der Waals surface area (Å²) < 4.78 is 91.6. The van der Waals surface area contributed by atoms with Crippen LogP contribution in [0.2, 0.25) is 0 Å². The van der Waals surface area contributed by atoms with E-state index in [-0.39, 0.29) is 11.1 Å². The van der Waals surface area contributed by atoms with Crippen molar-refractivity contribution >= 4 is 44.5 Å². The van der Waals surface area contributed by atoms with E-state index in [9.17, 15) is 8.78 Å². The Morgan fingerprint density at radius 2 is 0.825 bits per heavy atom. The zero-order valence-electron chi connectivity index (χ0n) is 33.8. The summed E-state index contributed by atoms with van der Waals surface area (Å²) >= 11 is 0. The van der Waals surface area contributed by atoms with E-state index in [1.165, 1.54) is 16.0 Å². The molecule has 2 heterocycles. The SMILES string of the molecule is Fc1cc(-c2cc3ccccc3c3c2C[N+]2(Cc4ccc5c(c4-c4c(ccc6ccccc46)C2)=CCCC=5)Cc2c(-c4cc(F)c(F)c(F)c4)cc4ccccc4c2-3)cc(F)c1F. The van der Waals surface area contributed by atoms with Gasteiger partial charge in [-0.05, 0) is 125 Å². The number of hydrogen-bond acceptors (Lipinski definition) is 0. The summed E-state index contributed by atoms with van der Waals surface area (Å²) in [6.45, 7) is 1.77. The Hall–Kier alpha value is -6.96. The first kappa shape index (κ1) is 37.8. The van der Waals surface area contributed by atoms with Gasteiger partial charge in [0.2, 0.25) is 0 Å². The quantitative estimate of drug-likeness (QED) is 0.0924. The lowest BCUT2D eigenvalue weighted by atomic mass is 9.82. The molecule has 0 fully saturated rings. The second-order valence-corrected chi connectivity index (χ2v) is 17.4. The van der Waals surface area contributed by atoms with Gasteiger partial charge < -0.3 is 4.48 Å². The van der Waals surface area contributed by atoms with Crippen LogP contribution in [0.3, 0.4) is 0 Å². The predicted molar refractivity (Wildman–Crippen MR) is 239 cm³/mol. The number of benzene rings is 9. The minimum atomic E-state index is -1.54. The van der Waals surface area contributed by atoms with E-state index in [1.54, 1.807) is 0 Å². The van der Waals surface area contributed by atoms with Crippen LogP contribution in [0.5, 0.6) is 0 Å². The largest absolute Gasteiger partial charge is 0.309 e. The van der Waals surface area contributed by atoms with Crippen LogP contribution >= 0.6 is 0 Å². The fraction of sp³-hybridized carbons (Fsp3) is 0.107. The van der Waals surface area contributed by atoms with Gasteiger partial charge >= 0.3 is 0 Å². The molecule has 0 saturated heterocycles. The number of fused-ring (bicyclic) bond motifs is 14. The molecule has 0 radical (unpaired) electrons. The van der Waals surface area contributed by atoms with Gasteiger partial charge in [0.1, 0.15) is 26.2 Å². The van der Waals surface area contributed by atoms with Crippen LogP contribution in [0, 0.1) is 34.9 Å². The van der Waals surface area contributed by atoms with Gasteiger partial charge in [-0.3, -0.25) is 0 Å². The van der Waals surface area contributed by atoms with E-state index >= 15 is 17.6 Å². The van der Waals surface area contributed by atoms with E-state index in [4.69, 9.17) is 0 Å².